The van der Waals surface area contributed by atoms with Crippen molar-refractivity contribution in [1.82, 2.24) is 0 Å². The number of nitrogens with one attached hydrogen (secondary N) is 1. The van der Waals surface area contributed by atoms with Gasteiger partial charge in [-0.2, -0.15) is 0 Å². The van der Waals surface area contributed by atoms with Crippen LogP contribution in [0.15, 0.2) is 18.2 Å². The monoisotopic (exact) mass is 227 g/mol. The molecule has 0 aliphatic heterocycles. The number of anilines is 1. The first kappa shape index (κ1) is 17.0. The van der Waals surface area contributed by atoms with Crippen molar-refractivity contribution in [3.8, 4) is 0 Å². The van der Waals surface area contributed by atoms with Crippen molar-refractivity contribution in [3.63, 3.8) is 0 Å². The summed E-state index contributed by atoms with van der Waals surface area (Å²) >= 11 is 0. The van der Waals surface area contributed by atoms with Gasteiger partial charge in [-0.15, -0.1) is 0 Å². The quantitative estimate of drug-likeness (QED) is 0.767. The van der Waals surface area contributed by atoms with Crippen LogP contribution < -0.4 is 5.32 Å². The number of carbonyl (C=O) groups excluding carboxylic acids is 1. The fraction of sp³-hybridized carbons (Fsp3) is 0.462. The topological polar surface area (TPSA) is 29.1 Å². The predicted molar refractivity (Wildman–Crippen MR) is 68.1 cm³/mol. The standard InChI is InChI=1S/C9H10FNO.2C2H6/c1-6-5-8(11-7(2)12)3-4-9(6)10;2*1-2/h3-5H,1-2H3,(H,11,12);2*1-2H3. The summed E-state index contributed by atoms with van der Waals surface area (Å²) < 4.78 is 12.7. The molecule has 92 valence electrons. The molecule has 1 aromatic carbocycles. The van der Waals surface area contributed by atoms with Crippen molar-refractivity contribution in [2.45, 2.75) is 41.5 Å². The normalized spacial score (nSPS) is 7.94. The van der Waals surface area contributed by atoms with Crippen molar-refractivity contribution in [3.05, 3.63) is 29.6 Å². The van der Waals surface area contributed by atoms with Gasteiger partial charge in [0.1, 0.15) is 5.82 Å². The molecular formula is C13H22FNO. The predicted octanol–water partition coefficient (Wildman–Crippen LogP) is 4.14. The van der Waals surface area contributed by atoms with E-state index in [1.165, 1.54) is 19.1 Å². The summed E-state index contributed by atoms with van der Waals surface area (Å²) in [6, 6.07) is 4.46. The van der Waals surface area contributed by atoms with Crippen LogP contribution in [0.2, 0.25) is 0 Å². The summed E-state index contributed by atoms with van der Waals surface area (Å²) in [4.78, 5) is 10.6. The maximum absolute atomic E-state index is 12.7. The maximum Gasteiger partial charge on any atom is 0.221 e. The first-order valence-corrected chi connectivity index (χ1v) is 5.63. The maximum atomic E-state index is 12.7. The smallest absolute Gasteiger partial charge is 0.221 e. The van der Waals surface area contributed by atoms with Crippen LogP contribution in [0.1, 0.15) is 40.2 Å². The third-order valence-corrected chi connectivity index (χ3v) is 1.48. The number of aryl methyl sites for hydroxylation is 1. The van der Waals surface area contributed by atoms with Crippen molar-refractivity contribution < 1.29 is 9.18 Å². The van der Waals surface area contributed by atoms with E-state index in [0.717, 1.165) is 0 Å². The Balaban J connectivity index is 0. The van der Waals surface area contributed by atoms with Gasteiger partial charge in [-0.1, -0.05) is 27.7 Å². The molecule has 1 aromatic rings. The van der Waals surface area contributed by atoms with Gasteiger partial charge in [0, 0.05) is 12.6 Å². The summed E-state index contributed by atoms with van der Waals surface area (Å²) in [7, 11) is 0. The van der Waals surface area contributed by atoms with E-state index >= 15 is 0 Å². The number of carbonyl (C=O) groups is 1. The van der Waals surface area contributed by atoms with Gasteiger partial charge in [-0.05, 0) is 30.7 Å². The number of rotatable bonds is 1. The second kappa shape index (κ2) is 10.1. The minimum Gasteiger partial charge on any atom is -0.326 e. The number of halogens is 1. The Hall–Kier alpha value is -1.38. The molecule has 0 spiro atoms. The van der Waals surface area contributed by atoms with E-state index in [1.807, 2.05) is 27.7 Å². The van der Waals surface area contributed by atoms with Crippen LogP contribution in [-0.2, 0) is 4.79 Å². The molecule has 16 heavy (non-hydrogen) atoms. The van der Waals surface area contributed by atoms with E-state index in [1.54, 1.807) is 13.0 Å². The fourth-order valence-electron chi connectivity index (χ4n) is 0.926. The molecule has 1 N–H and O–H groups in total. The molecule has 0 aliphatic rings. The van der Waals surface area contributed by atoms with Gasteiger partial charge in [-0.25, -0.2) is 4.39 Å². The molecular weight excluding hydrogens is 205 g/mol. The average molecular weight is 227 g/mol. The minimum absolute atomic E-state index is 0.152. The molecule has 0 heterocycles. The molecule has 2 nitrogen and oxygen atoms in total. The second-order valence-electron chi connectivity index (χ2n) is 2.65. The molecule has 0 atom stereocenters. The lowest BCUT2D eigenvalue weighted by Gasteiger charge is -2.02. The highest BCUT2D eigenvalue weighted by Gasteiger charge is 1.99. The summed E-state index contributed by atoms with van der Waals surface area (Å²) in [6.45, 7) is 11.1. The van der Waals surface area contributed by atoms with Crippen LogP contribution in [0.25, 0.3) is 0 Å². The van der Waals surface area contributed by atoms with Crippen molar-refractivity contribution in [1.29, 1.82) is 0 Å². The number of amides is 1. The first-order valence-electron chi connectivity index (χ1n) is 5.63. The Kier molecular flexibility index (Phi) is 10.8. The van der Waals surface area contributed by atoms with E-state index in [2.05, 4.69) is 5.32 Å². The lowest BCUT2D eigenvalue weighted by atomic mass is 10.2. The van der Waals surface area contributed by atoms with E-state index in [9.17, 15) is 9.18 Å². The Morgan fingerprint density at radius 1 is 1.19 bits per heavy atom. The zero-order valence-electron chi connectivity index (χ0n) is 11.0. The first-order chi connectivity index (χ1) is 7.59. The molecule has 0 saturated carbocycles. The van der Waals surface area contributed by atoms with Crippen LogP contribution in [0.5, 0.6) is 0 Å². The van der Waals surface area contributed by atoms with Crippen LogP contribution in [0.3, 0.4) is 0 Å². The van der Waals surface area contributed by atoms with Crippen molar-refractivity contribution >= 4 is 11.6 Å². The lowest BCUT2D eigenvalue weighted by Crippen LogP contribution is -2.05. The van der Waals surface area contributed by atoms with Gasteiger partial charge in [0.2, 0.25) is 5.91 Å². The molecule has 0 saturated heterocycles. The molecule has 0 bridgehead atoms. The molecule has 0 unspecified atom stereocenters. The van der Waals surface area contributed by atoms with Gasteiger partial charge in [0.15, 0.2) is 0 Å². The van der Waals surface area contributed by atoms with E-state index in [0.29, 0.717) is 11.3 Å². The Labute approximate surface area is 97.9 Å². The number of hydrogen-bond donors (Lipinski definition) is 1. The molecule has 0 fully saturated rings. The second-order valence-corrected chi connectivity index (χ2v) is 2.65. The molecule has 1 rings (SSSR count). The number of hydrogen-bond acceptors (Lipinski definition) is 1. The highest BCUT2D eigenvalue weighted by atomic mass is 19.1. The van der Waals surface area contributed by atoms with Gasteiger partial charge in [0.25, 0.3) is 0 Å². The molecule has 1 amide bonds. The Morgan fingerprint density at radius 2 is 1.69 bits per heavy atom. The van der Waals surface area contributed by atoms with Gasteiger partial charge in [-0.3, -0.25) is 4.79 Å². The van der Waals surface area contributed by atoms with E-state index < -0.39 is 0 Å². The summed E-state index contributed by atoms with van der Waals surface area (Å²) in [5.74, 6) is -0.412. The Bertz CT molecular complexity index is 311. The van der Waals surface area contributed by atoms with Crippen LogP contribution in [-0.4, -0.2) is 5.91 Å². The van der Waals surface area contributed by atoms with E-state index in [-0.39, 0.29) is 11.7 Å². The molecule has 0 aromatic heterocycles. The zero-order valence-corrected chi connectivity index (χ0v) is 11.0. The summed E-state index contributed by atoms with van der Waals surface area (Å²) in [5, 5.41) is 2.57. The highest BCUT2D eigenvalue weighted by molar-refractivity contribution is 5.88. The largest absolute Gasteiger partial charge is 0.326 e. The van der Waals surface area contributed by atoms with Crippen LogP contribution in [0.4, 0.5) is 10.1 Å². The fourth-order valence-corrected chi connectivity index (χ4v) is 0.926. The van der Waals surface area contributed by atoms with Crippen LogP contribution in [0, 0.1) is 12.7 Å². The lowest BCUT2D eigenvalue weighted by molar-refractivity contribution is -0.114. The average Bonchev–Trinajstić information content (AvgIpc) is 2.28. The van der Waals surface area contributed by atoms with Crippen LogP contribution >= 0.6 is 0 Å². The van der Waals surface area contributed by atoms with Crippen molar-refractivity contribution in [2.24, 2.45) is 0 Å². The number of benzene rings is 1. The SMILES string of the molecule is CC.CC.CC(=O)Nc1ccc(F)c(C)c1. The summed E-state index contributed by atoms with van der Waals surface area (Å²) in [5.41, 5.74) is 1.16. The third-order valence-electron chi connectivity index (χ3n) is 1.48. The van der Waals surface area contributed by atoms with E-state index in [4.69, 9.17) is 0 Å². The van der Waals surface area contributed by atoms with Gasteiger partial charge >= 0.3 is 0 Å². The molecule has 0 aliphatic carbocycles. The summed E-state index contributed by atoms with van der Waals surface area (Å²) in [6.07, 6.45) is 0. The molecule has 3 heteroatoms. The van der Waals surface area contributed by atoms with Crippen molar-refractivity contribution in [2.75, 3.05) is 5.32 Å². The molecule has 0 radical (unpaired) electrons. The van der Waals surface area contributed by atoms with Gasteiger partial charge in [0.05, 0.1) is 0 Å². The minimum atomic E-state index is -0.260. The third kappa shape index (κ3) is 6.98. The Morgan fingerprint density at radius 3 is 2.06 bits per heavy atom. The zero-order chi connectivity index (χ0) is 13.1. The highest BCUT2D eigenvalue weighted by Crippen LogP contribution is 2.13. The van der Waals surface area contributed by atoms with Gasteiger partial charge < -0.3 is 5.32 Å².